The molecule has 73 valence electrons. The van der Waals surface area contributed by atoms with Gasteiger partial charge in [-0.1, -0.05) is 30.0 Å². The van der Waals surface area contributed by atoms with Crippen LogP contribution in [0.3, 0.4) is 0 Å². The zero-order valence-electron chi connectivity index (χ0n) is 7.82. The fraction of sp³-hybridized carbons (Fsp3) is 0. The average molecular weight is 230 g/mol. The first kappa shape index (κ1) is 9.19. The van der Waals surface area contributed by atoms with Gasteiger partial charge in [-0.2, -0.15) is 0 Å². The van der Waals surface area contributed by atoms with Gasteiger partial charge in [-0.3, -0.25) is 0 Å². The van der Waals surface area contributed by atoms with Gasteiger partial charge in [0.15, 0.2) is 0 Å². The van der Waals surface area contributed by atoms with E-state index >= 15 is 0 Å². The molecule has 1 N–H and O–H groups in total. The summed E-state index contributed by atoms with van der Waals surface area (Å²) in [5.74, 6) is 0. The van der Waals surface area contributed by atoms with Crippen molar-refractivity contribution in [2.45, 2.75) is 14.7 Å². The summed E-state index contributed by atoms with van der Waals surface area (Å²) in [6.45, 7) is 0. The molecule has 0 saturated carbocycles. The van der Waals surface area contributed by atoms with E-state index in [0.29, 0.717) is 0 Å². The highest BCUT2D eigenvalue weighted by Crippen LogP contribution is 2.45. The third-order valence-electron chi connectivity index (χ3n) is 2.30. The summed E-state index contributed by atoms with van der Waals surface area (Å²) in [5, 5.41) is 3.38. The second-order valence-electron chi connectivity index (χ2n) is 3.29. The molecule has 1 aliphatic rings. The second kappa shape index (κ2) is 3.51. The maximum atomic E-state index is 4.40. The minimum atomic E-state index is 0.870. The second-order valence-corrected chi connectivity index (χ2v) is 4.82. The van der Waals surface area contributed by atoms with Crippen molar-refractivity contribution in [2.24, 2.45) is 0 Å². The molecule has 3 heteroatoms. The van der Waals surface area contributed by atoms with Crippen molar-refractivity contribution in [2.75, 3.05) is 5.32 Å². The van der Waals surface area contributed by atoms with E-state index in [1.54, 1.807) is 11.8 Å². The highest BCUT2D eigenvalue weighted by Gasteiger charge is 2.16. The lowest BCUT2D eigenvalue weighted by Gasteiger charge is -2.21. The van der Waals surface area contributed by atoms with Gasteiger partial charge in [0.05, 0.1) is 11.4 Å². The Morgan fingerprint density at radius 1 is 1.13 bits per heavy atom. The maximum absolute atomic E-state index is 4.40. The Morgan fingerprint density at radius 2 is 2.00 bits per heavy atom. The molecule has 2 aromatic carbocycles. The van der Waals surface area contributed by atoms with Gasteiger partial charge in [0, 0.05) is 14.7 Å². The van der Waals surface area contributed by atoms with Crippen LogP contribution in [0.25, 0.3) is 0 Å². The molecule has 15 heavy (non-hydrogen) atoms. The quantitative estimate of drug-likeness (QED) is 0.566. The number of para-hydroxylation sites is 1. The normalized spacial score (nSPS) is 12.6. The van der Waals surface area contributed by atoms with Gasteiger partial charge in [0.1, 0.15) is 0 Å². The monoisotopic (exact) mass is 230 g/mol. The molecule has 1 radical (unpaired) electrons. The van der Waals surface area contributed by atoms with E-state index in [2.05, 4.69) is 48.3 Å². The summed E-state index contributed by atoms with van der Waals surface area (Å²) in [7, 11) is 0. The molecular weight excluding hydrogens is 222 g/mol. The Hall–Kier alpha value is -1.06. The van der Waals surface area contributed by atoms with Crippen LogP contribution >= 0.6 is 24.4 Å². The Bertz CT molecular complexity index is 523. The number of nitrogens with one attached hydrogen (secondary N) is 1. The first-order valence-electron chi connectivity index (χ1n) is 4.62. The molecule has 0 aliphatic carbocycles. The number of rotatable bonds is 0. The first-order valence-corrected chi connectivity index (χ1v) is 5.88. The standard InChI is InChI=1S/C12H8NS2/c14-9-5-3-7-11-12(9)13-8-4-1-2-6-10(8)15-11/h1-4,6-7,13-14H. The summed E-state index contributed by atoms with van der Waals surface area (Å²) >= 11 is 6.16. The Balaban J connectivity index is 2.15. The highest BCUT2D eigenvalue weighted by atomic mass is 32.2. The van der Waals surface area contributed by atoms with Crippen LogP contribution in [0.1, 0.15) is 0 Å². The van der Waals surface area contributed by atoms with Crippen LogP contribution in [-0.2, 0) is 0 Å². The van der Waals surface area contributed by atoms with E-state index in [-0.39, 0.29) is 0 Å². The molecule has 3 rings (SSSR count). The third kappa shape index (κ3) is 1.52. The molecule has 0 atom stereocenters. The number of fused-ring (bicyclic) bond motifs is 2. The van der Waals surface area contributed by atoms with Crippen LogP contribution in [-0.4, -0.2) is 0 Å². The van der Waals surface area contributed by atoms with Crippen molar-refractivity contribution in [3.63, 3.8) is 0 Å². The first-order chi connectivity index (χ1) is 7.34. The van der Waals surface area contributed by atoms with Gasteiger partial charge >= 0.3 is 0 Å². The fourth-order valence-electron chi connectivity index (χ4n) is 1.59. The molecule has 0 saturated heterocycles. The fourth-order valence-corrected chi connectivity index (χ4v) is 2.92. The number of benzene rings is 2. The topological polar surface area (TPSA) is 12.0 Å². The molecule has 1 aliphatic heterocycles. The number of hydrogen-bond acceptors (Lipinski definition) is 3. The van der Waals surface area contributed by atoms with Gasteiger partial charge < -0.3 is 5.32 Å². The van der Waals surface area contributed by atoms with E-state index in [9.17, 15) is 0 Å². The maximum Gasteiger partial charge on any atom is 0.0668 e. The number of anilines is 2. The molecule has 0 spiro atoms. The molecule has 0 aromatic heterocycles. The Morgan fingerprint density at radius 3 is 2.93 bits per heavy atom. The lowest BCUT2D eigenvalue weighted by atomic mass is 10.2. The lowest BCUT2D eigenvalue weighted by Crippen LogP contribution is -2.00. The molecule has 0 amide bonds. The van der Waals surface area contributed by atoms with Crippen molar-refractivity contribution < 1.29 is 0 Å². The van der Waals surface area contributed by atoms with Crippen LogP contribution in [0.4, 0.5) is 11.4 Å². The van der Waals surface area contributed by atoms with E-state index in [4.69, 9.17) is 0 Å². The molecule has 1 heterocycles. The van der Waals surface area contributed by atoms with Crippen molar-refractivity contribution in [1.82, 2.24) is 0 Å². The van der Waals surface area contributed by atoms with Crippen LogP contribution in [0.5, 0.6) is 0 Å². The summed E-state index contributed by atoms with van der Waals surface area (Å²) < 4.78 is 0. The molecule has 0 bridgehead atoms. The van der Waals surface area contributed by atoms with Crippen molar-refractivity contribution in [1.29, 1.82) is 0 Å². The summed E-state index contributed by atoms with van der Waals surface area (Å²) in [4.78, 5) is 3.33. The number of hydrogen-bond donors (Lipinski definition) is 2. The van der Waals surface area contributed by atoms with Crippen LogP contribution in [0.2, 0.25) is 0 Å². The van der Waals surface area contributed by atoms with Crippen LogP contribution in [0, 0.1) is 6.07 Å². The molecule has 2 aromatic rings. The van der Waals surface area contributed by atoms with Gasteiger partial charge in [0.2, 0.25) is 0 Å². The van der Waals surface area contributed by atoms with Crippen molar-refractivity contribution >= 4 is 35.8 Å². The Kier molecular flexibility index (Phi) is 2.15. The summed E-state index contributed by atoms with van der Waals surface area (Å²) in [6.07, 6.45) is 0. The largest absolute Gasteiger partial charge is 0.353 e. The van der Waals surface area contributed by atoms with Gasteiger partial charge in [-0.05, 0) is 24.3 Å². The van der Waals surface area contributed by atoms with E-state index in [1.165, 1.54) is 9.79 Å². The predicted molar refractivity (Wildman–Crippen MR) is 66.4 cm³/mol. The van der Waals surface area contributed by atoms with Gasteiger partial charge in [-0.25, -0.2) is 0 Å². The predicted octanol–water partition coefficient (Wildman–Crippen LogP) is 3.98. The third-order valence-corrected chi connectivity index (χ3v) is 3.79. The smallest absolute Gasteiger partial charge is 0.0668 e. The SMILES string of the molecule is Sc1[c]ccc2c1Nc1ccccc1S2. The number of thiol groups is 1. The molecule has 1 nitrogen and oxygen atoms in total. The average Bonchev–Trinajstić information content (AvgIpc) is 2.27. The van der Waals surface area contributed by atoms with Gasteiger partial charge in [-0.15, -0.1) is 12.6 Å². The van der Waals surface area contributed by atoms with Crippen LogP contribution in [0.15, 0.2) is 51.1 Å². The van der Waals surface area contributed by atoms with Gasteiger partial charge in [0.25, 0.3) is 0 Å². The zero-order chi connectivity index (χ0) is 10.3. The van der Waals surface area contributed by atoms with Crippen molar-refractivity contribution in [3.05, 3.63) is 42.5 Å². The highest BCUT2D eigenvalue weighted by molar-refractivity contribution is 7.99. The molecular formula is C12H8NS2. The molecule has 0 unspecified atom stereocenters. The lowest BCUT2D eigenvalue weighted by molar-refractivity contribution is 1.25. The minimum Gasteiger partial charge on any atom is -0.353 e. The summed E-state index contributed by atoms with van der Waals surface area (Å²) in [6, 6.07) is 15.3. The van der Waals surface area contributed by atoms with E-state index < -0.39 is 0 Å². The zero-order valence-corrected chi connectivity index (χ0v) is 9.53. The van der Waals surface area contributed by atoms with E-state index in [0.717, 1.165) is 16.3 Å². The van der Waals surface area contributed by atoms with Crippen LogP contribution < -0.4 is 5.32 Å². The summed E-state index contributed by atoms with van der Waals surface area (Å²) in [5.41, 5.74) is 2.20. The molecule has 0 fully saturated rings. The minimum absolute atomic E-state index is 0.870. The Labute approximate surface area is 98.3 Å². The van der Waals surface area contributed by atoms with Crippen molar-refractivity contribution in [3.8, 4) is 0 Å². The van der Waals surface area contributed by atoms with E-state index in [1.807, 2.05) is 12.1 Å².